The second kappa shape index (κ2) is 45.1. The first kappa shape index (κ1) is 99.9. The molecule has 10 heterocycles. The molecule has 0 saturated carbocycles. The van der Waals surface area contributed by atoms with E-state index in [0.29, 0.717) is 0 Å². The molecule has 0 aliphatic carbocycles. The molecule has 0 aliphatic heterocycles. The standard InChI is InChI=1S/C48H36N4.C42H30N4O.C40H30N4.3Pt/c1-33-24-26-49-35(3)48(33)52(43-18-12-17-40(28-43)46-19-10-11-25-50-46)44-29-41(37-15-8-5-9-16-37)27-42(30-44)47-31-45(34(2)32-51-47)39-22-20-38(21-23-39)36-13-6-4-7-14-36;1-27-19-20-43-29(3)42(27)46(33-15-9-13-31(21-33)38-23-36(28(2)25-44-38)30-11-5-4-6-12-30)34-16-10-14-32(22-34)39-24-37-35-17-7-8-18-40(35)47-41(37)26-45-39;1-27-19-20-41-29(3)40(27)44(35-17-9-15-32(21-35)38-23-31-13-7-8-14-34(31)26-43-38)36-18-10-16-33(22-36)39-24-37(28(2)25-42-39)30-11-5-4-6-12-30;;;/h4-27,29,31-32H,1-3H3;4-20,23-26H,1-3H3;4-20,23-26H,1-3H3;;;/q3*-2;3*+2. The smallest absolute Gasteiger partial charge is 0.455 e. The van der Waals surface area contributed by atoms with Crippen molar-refractivity contribution < 1.29 is 67.6 Å². The number of nitrogens with zero attached hydrogens (tertiary/aromatic N) is 12. The minimum Gasteiger partial charge on any atom is -0.455 e. The van der Waals surface area contributed by atoms with Crippen molar-refractivity contribution in [1.82, 2.24) is 44.9 Å². The summed E-state index contributed by atoms with van der Waals surface area (Å²) in [6.45, 7) is 18.8. The van der Waals surface area contributed by atoms with Crippen molar-refractivity contribution in [2.75, 3.05) is 14.7 Å². The Morgan fingerprint density at radius 2 is 0.534 bits per heavy atom. The monoisotopic (exact) mass is 2430 g/mol. The predicted octanol–water partition coefficient (Wildman–Crippen LogP) is 33.0. The molecule has 13 aromatic carbocycles. The van der Waals surface area contributed by atoms with E-state index in [0.717, 1.165) is 241 Å². The molecule has 0 spiro atoms. The summed E-state index contributed by atoms with van der Waals surface area (Å²) < 4.78 is 6.04. The molecule has 16 heteroatoms. The molecular formula is C130H96N12OPt3. The minimum atomic E-state index is 0. The maximum Gasteiger partial charge on any atom is 2.00 e. The Labute approximate surface area is 895 Å². The van der Waals surface area contributed by atoms with Gasteiger partial charge in [0.1, 0.15) is 5.58 Å². The summed E-state index contributed by atoms with van der Waals surface area (Å²) in [5.74, 6) is 0. The van der Waals surface area contributed by atoms with E-state index in [1.54, 1.807) is 6.20 Å². The van der Waals surface area contributed by atoms with Gasteiger partial charge in [0.25, 0.3) is 0 Å². The Balaban J connectivity index is 0.000000143. The van der Waals surface area contributed by atoms with Crippen molar-refractivity contribution in [3.63, 3.8) is 0 Å². The maximum atomic E-state index is 6.04. The largest absolute Gasteiger partial charge is 2.00 e. The number of furan rings is 1. The van der Waals surface area contributed by atoms with E-state index < -0.39 is 0 Å². The summed E-state index contributed by atoms with van der Waals surface area (Å²) in [6, 6.07) is 147. The number of para-hydroxylation sites is 1. The molecule has 23 rings (SSSR count). The van der Waals surface area contributed by atoms with E-state index in [9.17, 15) is 0 Å². The fourth-order valence-electron chi connectivity index (χ4n) is 18.7. The van der Waals surface area contributed by atoms with Gasteiger partial charge in [-0.05, 0) is 255 Å². The van der Waals surface area contributed by atoms with E-state index in [4.69, 9.17) is 34.3 Å². The summed E-state index contributed by atoms with van der Waals surface area (Å²) in [5, 5.41) is 4.36. The Hall–Kier alpha value is -16.3. The topological polar surface area (TPSA) is 139 Å². The third-order valence-corrected chi connectivity index (χ3v) is 25.9. The van der Waals surface area contributed by atoms with Crippen LogP contribution in [0.15, 0.2) is 424 Å². The zero-order chi connectivity index (χ0) is 97.4. The fourth-order valence-corrected chi connectivity index (χ4v) is 18.7. The van der Waals surface area contributed by atoms with Crippen LogP contribution < -0.4 is 14.7 Å². The zero-order valence-electron chi connectivity index (χ0n) is 81.6. The van der Waals surface area contributed by atoms with Crippen LogP contribution in [0.4, 0.5) is 51.2 Å². The van der Waals surface area contributed by atoms with Crippen molar-refractivity contribution in [3.05, 3.63) is 507 Å². The van der Waals surface area contributed by atoms with Crippen LogP contribution in [-0.4, -0.2) is 44.9 Å². The van der Waals surface area contributed by atoms with E-state index in [2.05, 4.69) is 381 Å². The van der Waals surface area contributed by atoms with Gasteiger partial charge < -0.3 is 49.0 Å². The van der Waals surface area contributed by atoms with Crippen molar-refractivity contribution in [2.24, 2.45) is 0 Å². The van der Waals surface area contributed by atoms with Crippen LogP contribution in [-0.2, 0) is 63.2 Å². The first-order valence-corrected chi connectivity index (χ1v) is 47.7. The molecule has 0 saturated heterocycles. The van der Waals surface area contributed by atoms with Gasteiger partial charge in [-0.3, -0.25) is 15.0 Å². The molecule has 146 heavy (non-hydrogen) atoms. The number of pyridine rings is 9. The molecule has 23 aromatic rings. The molecule has 0 N–H and O–H groups in total. The number of anilines is 9. The van der Waals surface area contributed by atoms with Crippen LogP contribution in [0.5, 0.6) is 0 Å². The number of fused-ring (bicyclic) bond motifs is 4. The van der Waals surface area contributed by atoms with Gasteiger partial charge >= 0.3 is 63.2 Å². The molecule has 0 amide bonds. The normalized spacial score (nSPS) is 10.9. The molecule has 0 fully saturated rings. The van der Waals surface area contributed by atoms with Gasteiger partial charge in [-0.2, -0.15) is 0 Å². The van der Waals surface area contributed by atoms with Gasteiger partial charge in [-0.1, -0.05) is 236 Å². The molecule has 712 valence electrons. The Kier molecular flexibility index (Phi) is 30.9. The van der Waals surface area contributed by atoms with Crippen molar-refractivity contribution in [1.29, 1.82) is 0 Å². The molecule has 0 unspecified atom stereocenters. The average molecular weight is 2430 g/mol. The molecule has 13 nitrogen and oxygen atoms in total. The van der Waals surface area contributed by atoms with Crippen LogP contribution in [0.2, 0.25) is 0 Å². The first-order chi connectivity index (χ1) is 70.1. The Morgan fingerprint density at radius 1 is 0.199 bits per heavy atom. The van der Waals surface area contributed by atoms with Gasteiger partial charge in [0.05, 0.1) is 40.3 Å². The second-order valence-electron chi connectivity index (χ2n) is 35.6. The quantitative estimate of drug-likeness (QED) is 0.0670. The Bertz CT molecular complexity index is 8550. The number of benzene rings is 13. The van der Waals surface area contributed by atoms with Crippen molar-refractivity contribution in [2.45, 2.75) is 62.3 Å². The zero-order valence-corrected chi connectivity index (χ0v) is 88.4. The number of rotatable bonds is 20. The molecule has 0 aliphatic rings. The molecule has 10 aromatic heterocycles. The summed E-state index contributed by atoms with van der Waals surface area (Å²) >= 11 is 0. The summed E-state index contributed by atoms with van der Waals surface area (Å²) in [4.78, 5) is 49.5. The van der Waals surface area contributed by atoms with Crippen LogP contribution in [0.25, 0.3) is 156 Å². The number of hydrogen-bond donors (Lipinski definition) is 0. The van der Waals surface area contributed by atoms with Crippen molar-refractivity contribution in [3.8, 4) is 123 Å². The molecule has 0 radical (unpaired) electrons. The van der Waals surface area contributed by atoms with E-state index >= 15 is 0 Å². The van der Waals surface area contributed by atoms with Gasteiger partial charge in [-0.15, -0.1) is 173 Å². The molecule has 0 atom stereocenters. The number of aryl methyl sites for hydroxylation is 9. The number of aromatic nitrogens is 9. The fraction of sp³-hybridized carbons (Fsp3) is 0.0692. The van der Waals surface area contributed by atoms with Crippen LogP contribution >= 0.6 is 0 Å². The van der Waals surface area contributed by atoms with Gasteiger partial charge in [0.15, 0.2) is 5.58 Å². The summed E-state index contributed by atoms with van der Waals surface area (Å²) in [5.41, 5.74) is 41.2. The number of hydrogen-bond acceptors (Lipinski definition) is 13. The second-order valence-corrected chi connectivity index (χ2v) is 35.6. The molecule has 0 bridgehead atoms. The van der Waals surface area contributed by atoms with Gasteiger partial charge in [-0.25, -0.2) is 0 Å². The van der Waals surface area contributed by atoms with Crippen LogP contribution in [0, 0.1) is 98.7 Å². The third kappa shape index (κ3) is 21.5. The average Bonchev–Trinajstić information content (AvgIpc) is 1.11. The van der Waals surface area contributed by atoms with Crippen molar-refractivity contribution >= 4 is 83.9 Å². The van der Waals surface area contributed by atoms with E-state index in [-0.39, 0.29) is 63.2 Å². The Morgan fingerprint density at radius 3 is 0.973 bits per heavy atom. The summed E-state index contributed by atoms with van der Waals surface area (Å²) in [7, 11) is 0. The van der Waals surface area contributed by atoms with E-state index in [1.165, 1.54) is 16.7 Å². The SMILES string of the molecule is Cc1cnc(-c2[c-]c(N(c3[c-]c(-c4cc5c(cn4)oc4ccccc45)ccc3)c3c(C)ccnc3C)ccc2)cc1-c1ccccc1.Cc1cnc(-c2[c-]c(N(c3[c-]c(-c4cc5ccccc5cn4)ccc3)c3c(C)ccnc3C)ccc2)cc1-c1ccccc1.Cc1cnc(-c2[c-]c(N(c3[c-]c(-c4ccccn4)ccc3)c3c(C)ccnc3C)cc(-c3ccccc3)c2)cc1-c1ccc(-c2ccccc2)cc1.[Pt+2].[Pt+2].[Pt+2]. The first-order valence-electron chi connectivity index (χ1n) is 47.7. The predicted molar refractivity (Wildman–Crippen MR) is 584 cm³/mol. The maximum absolute atomic E-state index is 6.04. The minimum absolute atomic E-state index is 0. The molecular weight excluding hydrogens is 2330 g/mol. The van der Waals surface area contributed by atoms with E-state index in [1.807, 2.05) is 160 Å². The van der Waals surface area contributed by atoms with Gasteiger partial charge in [0.2, 0.25) is 0 Å². The van der Waals surface area contributed by atoms with Crippen LogP contribution in [0.1, 0.15) is 50.5 Å². The third-order valence-electron chi connectivity index (χ3n) is 25.9. The van der Waals surface area contributed by atoms with Gasteiger partial charge in [0, 0.05) is 60.3 Å². The summed E-state index contributed by atoms with van der Waals surface area (Å²) in [6.07, 6.45) is 17.0. The van der Waals surface area contributed by atoms with Crippen LogP contribution in [0.3, 0.4) is 0 Å².